The summed E-state index contributed by atoms with van der Waals surface area (Å²) in [6, 6.07) is 7.27. The molecule has 0 aliphatic carbocycles. The third-order valence-electron chi connectivity index (χ3n) is 2.23. The summed E-state index contributed by atoms with van der Waals surface area (Å²) in [6.07, 6.45) is 1.56. The second-order valence-corrected chi connectivity index (χ2v) is 3.57. The van der Waals surface area contributed by atoms with E-state index in [1.807, 2.05) is 24.3 Å². The second kappa shape index (κ2) is 6.24. The van der Waals surface area contributed by atoms with E-state index in [0.29, 0.717) is 5.82 Å². The van der Waals surface area contributed by atoms with Crippen molar-refractivity contribution in [3.63, 3.8) is 0 Å². The Morgan fingerprint density at radius 2 is 2.26 bits per heavy atom. The Labute approximate surface area is 108 Å². The molecular weight excluding hydrogens is 248 g/mol. The van der Waals surface area contributed by atoms with Crippen LogP contribution in [0.3, 0.4) is 0 Å². The molecule has 1 aromatic carbocycles. The molecule has 19 heavy (non-hydrogen) atoms. The lowest BCUT2D eigenvalue weighted by atomic mass is 10.2. The van der Waals surface area contributed by atoms with E-state index in [9.17, 15) is 4.79 Å². The van der Waals surface area contributed by atoms with E-state index < -0.39 is 0 Å². The average Bonchev–Trinajstić information content (AvgIpc) is 2.92. The predicted octanol–water partition coefficient (Wildman–Crippen LogP) is -0.0989. The standard InChI is InChI=1S/C11H12N6O2/c1-19-9-4-2-8(3-5-9)7-12-15-11(18)6-10-13-16-17-14-10/h2-5,7H,6H2,1H3,(H,15,18)(H,13,14,16,17). The first-order valence-corrected chi connectivity index (χ1v) is 5.46. The van der Waals surface area contributed by atoms with E-state index in [2.05, 4.69) is 31.2 Å². The first-order chi connectivity index (χ1) is 9.28. The van der Waals surface area contributed by atoms with E-state index in [1.54, 1.807) is 7.11 Å². The fraction of sp³-hybridized carbons (Fsp3) is 0.182. The van der Waals surface area contributed by atoms with Crippen molar-refractivity contribution in [2.24, 2.45) is 5.10 Å². The number of hydrogen-bond donors (Lipinski definition) is 2. The van der Waals surface area contributed by atoms with Gasteiger partial charge in [0.05, 0.1) is 19.7 Å². The molecule has 98 valence electrons. The molecule has 2 N–H and O–H groups in total. The van der Waals surface area contributed by atoms with Crippen molar-refractivity contribution >= 4 is 12.1 Å². The minimum Gasteiger partial charge on any atom is -0.497 e. The first kappa shape index (κ1) is 12.7. The topological polar surface area (TPSA) is 105 Å². The lowest BCUT2D eigenvalue weighted by Gasteiger charge is -1.99. The smallest absolute Gasteiger partial charge is 0.247 e. The van der Waals surface area contributed by atoms with Gasteiger partial charge >= 0.3 is 0 Å². The zero-order valence-corrected chi connectivity index (χ0v) is 10.2. The van der Waals surface area contributed by atoms with Gasteiger partial charge in [0, 0.05) is 0 Å². The van der Waals surface area contributed by atoms with Gasteiger partial charge in [0.2, 0.25) is 5.91 Å². The van der Waals surface area contributed by atoms with Gasteiger partial charge in [-0.05, 0) is 29.8 Å². The maximum atomic E-state index is 11.4. The van der Waals surface area contributed by atoms with Gasteiger partial charge in [-0.3, -0.25) is 4.79 Å². The molecule has 0 aliphatic heterocycles. The zero-order valence-electron chi connectivity index (χ0n) is 10.2. The first-order valence-electron chi connectivity index (χ1n) is 5.46. The molecule has 0 spiro atoms. The Hall–Kier alpha value is -2.77. The van der Waals surface area contributed by atoms with Gasteiger partial charge in [-0.25, -0.2) is 5.43 Å². The summed E-state index contributed by atoms with van der Waals surface area (Å²) in [7, 11) is 1.60. The van der Waals surface area contributed by atoms with Crippen LogP contribution in [0.25, 0.3) is 0 Å². The van der Waals surface area contributed by atoms with E-state index >= 15 is 0 Å². The van der Waals surface area contributed by atoms with E-state index in [-0.39, 0.29) is 12.3 Å². The third kappa shape index (κ3) is 3.87. The fourth-order valence-corrected chi connectivity index (χ4v) is 1.31. The van der Waals surface area contributed by atoms with Crippen LogP contribution in [-0.4, -0.2) is 39.9 Å². The van der Waals surface area contributed by atoms with E-state index in [1.165, 1.54) is 6.21 Å². The van der Waals surface area contributed by atoms with Crippen molar-refractivity contribution in [3.05, 3.63) is 35.7 Å². The molecule has 1 amide bonds. The third-order valence-corrected chi connectivity index (χ3v) is 2.23. The molecule has 0 radical (unpaired) electrons. The maximum Gasteiger partial charge on any atom is 0.247 e. The Morgan fingerprint density at radius 1 is 1.47 bits per heavy atom. The molecule has 0 atom stereocenters. The summed E-state index contributed by atoms with van der Waals surface area (Å²) < 4.78 is 5.03. The van der Waals surface area contributed by atoms with Crippen LogP contribution >= 0.6 is 0 Å². The molecule has 2 aromatic rings. The van der Waals surface area contributed by atoms with Crippen LogP contribution in [0.15, 0.2) is 29.4 Å². The summed E-state index contributed by atoms with van der Waals surface area (Å²) in [6.45, 7) is 0. The highest BCUT2D eigenvalue weighted by Crippen LogP contribution is 2.09. The second-order valence-electron chi connectivity index (χ2n) is 3.57. The van der Waals surface area contributed by atoms with Crippen molar-refractivity contribution in [1.82, 2.24) is 26.0 Å². The highest BCUT2D eigenvalue weighted by Gasteiger charge is 2.05. The SMILES string of the molecule is COc1ccc(C=NNC(=O)Cc2nn[nH]n2)cc1. The zero-order chi connectivity index (χ0) is 13.5. The van der Waals surface area contributed by atoms with Gasteiger partial charge in [-0.2, -0.15) is 10.3 Å². The van der Waals surface area contributed by atoms with Gasteiger partial charge in [-0.15, -0.1) is 10.2 Å². The van der Waals surface area contributed by atoms with E-state index in [4.69, 9.17) is 4.74 Å². The lowest BCUT2D eigenvalue weighted by Crippen LogP contribution is -2.20. The maximum absolute atomic E-state index is 11.4. The molecule has 1 aromatic heterocycles. The van der Waals surface area contributed by atoms with Gasteiger partial charge in [-0.1, -0.05) is 5.21 Å². The summed E-state index contributed by atoms with van der Waals surface area (Å²) in [5, 5.41) is 16.8. The highest BCUT2D eigenvalue weighted by molar-refractivity contribution is 5.83. The number of nitrogens with zero attached hydrogens (tertiary/aromatic N) is 4. The molecule has 8 nitrogen and oxygen atoms in total. The Morgan fingerprint density at radius 3 is 2.89 bits per heavy atom. The Kier molecular flexibility index (Phi) is 4.17. The average molecular weight is 260 g/mol. The number of aromatic nitrogens is 4. The van der Waals surface area contributed by atoms with Crippen LogP contribution in [0.5, 0.6) is 5.75 Å². The van der Waals surface area contributed by atoms with Gasteiger partial charge < -0.3 is 4.74 Å². The molecule has 0 saturated carbocycles. The molecule has 0 unspecified atom stereocenters. The van der Waals surface area contributed by atoms with Crippen LogP contribution in [0, 0.1) is 0 Å². The van der Waals surface area contributed by atoms with Crippen molar-refractivity contribution in [1.29, 1.82) is 0 Å². The van der Waals surface area contributed by atoms with Crippen molar-refractivity contribution in [3.8, 4) is 5.75 Å². The number of tetrazole rings is 1. The molecule has 0 fully saturated rings. The molecule has 0 saturated heterocycles. The number of amides is 1. The van der Waals surface area contributed by atoms with Crippen LogP contribution in [0.4, 0.5) is 0 Å². The number of carbonyl (C=O) groups excluding carboxylic acids is 1. The van der Waals surface area contributed by atoms with Crippen molar-refractivity contribution in [2.45, 2.75) is 6.42 Å². The molecule has 2 rings (SSSR count). The number of hydrogen-bond acceptors (Lipinski definition) is 6. The molecule has 0 aliphatic rings. The summed E-state index contributed by atoms with van der Waals surface area (Å²) >= 11 is 0. The normalized spacial score (nSPS) is 10.6. The lowest BCUT2D eigenvalue weighted by molar-refractivity contribution is -0.120. The quantitative estimate of drug-likeness (QED) is 0.577. The number of H-pyrrole nitrogens is 1. The Balaban J connectivity index is 1.83. The summed E-state index contributed by atoms with van der Waals surface area (Å²) in [5.41, 5.74) is 3.22. The number of aromatic amines is 1. The molecule has 1 heterocycles. The minimum absolute atomic E-state index is 0.0243. The van der Waals surface area contributed by atoms with Crippen LogP contribution < -0.4 is 10.2 Å². The highest BCUT2D eigenvalue weighted by atomic mass is 16.5. The molecule has 0 bridgehead atoms. The van der Waals surface area contributed by atoms with Crippen LogP contribution in [0.1, 0.15) is 11.4 Å². The largest absolute Gasteiger partial charge is 0.497 e. The Bertz CT molecular complexity index is 549. The van der Waals surface area contributed by atoms with Gasteiger partial charge in [0.25, 0.3) is 0 Å². The number of carbonyl (C=O) groups is 1. The van der Waals surface area contributed by atoms with Crippen LogP contribution in [-0.2, 0) is 11.2 Å². The summed E-state index contributed by atoms with van der Waals surface area (Å²) in [5.74, 6) is 0.765. The molecular formula is C11H12N6O2. The van der Waals surface area contributed by atoms with Crippen LogP contribution in [0.2, 0.25) is 0 Å². The molecule has 8 heteroatoms. The van der Waals surface area contributed by atoms with E-state index in [0.717, 1.165) is 11.3 Å². The number of nitrogens with one attached hydrogen (secondary N) is 2. The number of rotatable bonds is 5. The fourth-order valence-electron chi connectivity index (χ4n) is 1.31. The monoisotopic (exact) mass is 260 g/mol. The van der Waals surface area contributed by atoms with Crippen molar-refractivity contribution in [2.75, 3.05) is 7.11 Å². The van der Waals surface area contributed by atoms with Gasteiger partial charge in [0.1, 0.15) is 5.75 Å². The van der Waals surface area contributed by atoms with Gasteiger partial charge in [0.15, 0.2) is 5.82 Å². The number of benzene rings is 1. The van der Waals surface area contributed by atoms with Crippen molar-refractivity contribution < 1.29 is 9.53 Å². The number of ether oxygens (including phenoxy) is 1. The minimum atomic E-state index is -0.314. The number of hydrazone groups is 1. The predicted molar refractivity (Wildman–Crippen MR) is 66.6 cm³/mol. The summed E-state index contributed by atoms with van der Waals surface area (Å²) in [4.78, 5) is 11.4. The number of methoxy groups -OCH3 is 1.